The van der Waals surface area contributed by atoms with E-state index in [2.05, 4.69) is 65.3 Å². The smallest absolute Gasteiger partial charge is 0.407 e. The second kappa shape index (κ2) is 12.7. The van der Waals surface area contributed by atoms with Crippen molar-refractivity contribution in [3.05, 3.63) is 0 Å². The molecular formula is C28H52N6O4. The molecule has 4 saturated heterocycles. The van der Waals surface area contributed by atoms with Crippen molar-refractivity contribution in [2.24, 2.45) is 10.8 Å². The molecule has 5 rings (SSSR count). The summed E-state index contributed by atoms with van der Waals surface area (Å²) in [6, 6.07) is 0.841. The lowest BCUT2D eigenvalue weighted by molar-refractivity contribution is -0.0153. The van der Waals surface area contributed by atoms with Gasteiger partial charge in [0, 0.05) is 64.4 Å². The number of carbonyl (C=O) groups is 2. The van der Waals surface area contributed by atoms with E-state index in [1.165, 1.54) is 0 Å². The van der Waals surface area contributed by atoms with Crippen molar-refractivity contribution in [2.75, 3.05) is 72.1 Å². The van der Waals surface area contributed by atoms with Crippen LogP contribution in [0.5, 0.6) is 0 Å². The lowest BCUT2D eigenvalue weighted by atomic mass is 9.62. The van der Waals surface area contributed by atoms with Crippen molar-refractivity contribution in [3.63, 3.8) is 0 Å². The van der Waals surface area contributed by atoms with E-state index in [-0.39, 0.29) is 35.1 Å². The van der Waals surface area contributed by atoms with Crippen LogP contribution in [0.4, 0.5) is 9.59 Å². The van der Waals surface area contributed by atoms with Crippen LogP contribution in [0.3, 0.4) is 0 Å². The summed E-state index contributed by atoms with van der Waals surface area (Å²) in [5.74, 6) is 0. The number of alkyl carbamates (subject to hydrolysis) is 2. The average molecular weight is 537 g/mol. The van der Waals surface area contributed by atoms with E-state index in [1.807, 2.05) is 0 Å². The molecule has 0 aromatic heterocycles. The summed E-state index contributed by atoms with van der Waals surface area (Å²) < 4.78 is 11.3. The Morgan fingerprint density at radius 3 is 2.39 bits per heavy atom. The van der Waals surface area contributed by atoms with Gasteiger partial charge in [-0.1, -0.05) is 27.7 Å². The Kier molecular flexibility index (Phi) is 9.82. The average Bonchev–Trinajstić information content (AvgIpc) is 2.84. The first-order valence-corrected chi connectivity index (χ1v) is 14.8. The molecule has 4 heterocycles. The Morgan fingerprint density at radius 1 is 0.974 bits per heavy atom. The minimum absolute atomic E-state index is 0.00328. The number of ether oxygens (including phenoxy) is 2. The molecule has 0 spiro atoms. The van der Waals surface area contributed by atoms with E-state index >= 15 is 0 Å². The van der Waals surface area contributed by atoms with Crippen LogP contribution in [0, 0.1) is 10.8 Å². The zero-order chi connectivity index (χ0) is 27.3. The van der Waals surface area contributed by atoms with Crippen LogP contribution in [0.15, 0.2) is 0 Å². The topological polar surface area (TPSA) is 98.4 Å². The van der Waals surface area contributed by atoms with E-state index in [1.54, 1.807) is 0 Å². The van der Waals surface area contributed by atoms with Gasteiger partial charge in [-0.05, 0) is 50.0 Å². The van der Waals surface area contributed by atoms with Gasteiger partial charge in [0.2, 0.25) is 0 Å². The molecular weight excluding hydrogens is 484 g/mol. The number of amides is 2. The predicted molar refractivity (Wildman–Crippen MR) is 148 cm³/mol. The third kappa shape index (κ3) is 8.44. The Morgan fingerprint density at radius 2 is 1.71 bits per heavy atom. The van der Waals surface area contributed by atoms with Gasteiger partial charge in [0.15, 0.2) is 0 Å². The van der Waals surface area contributed by atoms with E-state index in [0.717, 1.165) is 78.0 Å². The van der Waals surface area contributed by atoms with Crippen molar-refractivity contribution < 1.29 is 19.1 Å². The van der Waals surface area contributed by atoms with Crippen molar-refractivity contribution in [3.8, 4) is 0 Å². The minimum atomic E-state index is -0.350. The number of piperazine rings is 4. The Labute approximate surface area is 229 Å². The molecule has 4 aliphatic heterocycles. The highest BCUT2D eigenvalue weighted by molar-refractivity contribution is 5.68. The first kappa shape index (κ1) is 29.4. The maximum Gasteiger partial charge on any atom is 0.407 e. The van der Waals surface area contributed by atoms with Gasteiger partial charge in [-0.2, -0.15) is 0 Å². The molecule has 10 heteroatoms. The molecule has 2 bridgehead atoms. The number of hydrogen-bond acceptors (Lipinski definition) is 8. The molecule has 3 N–H and O–H groups in total. The van der Waals surface area contributed by atoms with Gasteiger partial charge < -0.3 is 30.3 Å². The highest BCUT2D eigenvalue weighted by atomic mass is 16.6. The molecule has 1 saturated carbocycles. The maximum atomic E-state index is 12.7. The third-order valence-corrected chi connectivity index (χ3v) is 8.71. The molecule has 38 heavy (non-hydrogen) atoms. The fourth-order valence-electron chi connectivity index (χ4n) is 7.53. The number of nitrogens with zero attached hydrogens (tertiary/aromatic N) is 3. The van der Waals surface area contributed by atoms with Crippen LogP contribution in [0.2, 0.25) is 0 Å². The molecule has 1 aliphatic carbocycles. The Hall–Kier alpha value is -1.62. The van der Waals surface area contributed by atoms with Crippen LogP contribution in [-0.2, 0) is 9.47 Å². The monoisotopic (exact) mass is 536 g/mol. The highest BCUT2D eigenvalue weighted by Gasteiger charge is 2.42. The van der Waals surface area contributed by atoms with Gasteiger partial charge in [-0.25, -0.2) is 9.59 Å². The van der Waals surface area contributed by atoms with Crippen LogP contribution in [-0.4, -0.2) is 123 Å². The van der Waals surface area contributed by atoms with Gasteiger partial charge in [0.1, 0.15) is 13.2 Å². The van der Waals surface area contributed by atoms with Crippen LogP contribution >= 0.6 is 0 Å². The molecule has 10 nitrogen and oxygen atoms in total. The van der Waals surface area contributed by atoms with E-state index < -0.39 is 0 Å². The van der Waals surface area contributed by atoms with Gasteiger partial charge in [0.25, 0.3) is 0 Å². The Bertz CT molecular complexity index is 804. The SMILES string of the molecule is CCCN1CC(C)NC(COC(=O)NC2CC(C)(C)CC(C)(CNC(=O)OCC3CN4CCN3CC4)C2)C1. The van der Waals surface area contributed by atoms with Crippen molar-refractivity contribution in [1.29, 1.82) is 0 Å². The number of hydrogen-bond donors (Lipinski definition) is 3. The standard InChI is InChI=1S/C28H52N6O4/c1-6-7-33-14-21(2)30-23(15-33)17-37-26(36)31-22-12-27(3,4)19-28(5,13-22)20-29-25(35)38-18-24-16-32-8-10-34(24)11-9-32/h21-24,30H,6-20H2,1-5H3,(H,29,35)(H,31,36). The Balaban J connectivity index is 1.20. The summed E-state index contributed by atoms with van der Waals surface area (Å²) in [6.45, 7) is 20.7. The van der Waals surface area contributed by atoms with Crippen molar-refractivity contribution in [1.82, 2.24) is 30.7 Å². The normalized spacial score (nSPS) is 36.9. The summed E-state index contributed by atoms with van der Waals surface area (Å²) in [5, 5.41) is 9.71. The predicted octanol–water partition coefficient (Wildman–Crippen LogP) is 2.10. The molecule has 5 atom stereocenters. The zero-order valence-corrected chi connectivity index (χ0v) is 24.4. The lowest BCUT2D eigenvalue weighted by Gasteiger charge is -2.47. The number of fused-ring (bicyclic) bond motifs is 3. The summed E-state index contributed by atoms with van der Waals surface area (Å²) in [5.41, 5.74) is -0.0978. The van der Waals surface area contributed by atoms with Crippen molar-refractivity contribution in [2.45, 2.75) is 84.5 Å². The fraction of sp³-hybridized carbons (Fsp3) is 0.929. The fourth-order valence-corrected chi connectivity index (χ4v) is 7.53. The van der Waals surface area contributed by atoms with Gasteiger partial charge in [-0.3, -0.25) is 9.80 Å². The molecule has 0 radical (unpaired) electrons. The van der Waals surface area contributed by atoms with Gasteiger partial charge in [-0.15, -0.1) is 0 Å². The third-order valence-electron chi connectivity index (χ3n) is 8.71. The van der Waals surface area contributed by atoms with E-state index in [4.69, 9.17) is 9.47 Å². The number of rotatable bonds is 9. The highest BCUT2D eigenvalue weighted by Crippen LogP contribution is 2.45. The summed E-state index contributed by atoms with van der Waals surface area (Å²) in [7, 11) is 0. The van der Waals surface area contributed by atoms with Gasteiger partial charge in [0.05, 0.1) is 12.1 Å². The largest absolute Gasteiger partial charge is 0.448 e. The van der Waals surface area contributed by atoms with Crippen LogP contribution in [0.25, 0.3) is 0 Å². The first-order valence-electron chi connectivity index (χ1n) is 14.8. The number of nitrogens with one attached hydrogen (secondary N) is 3. The second-order valence-corrected chi connectivity index (χ2v) is 13.5. The summed E-state index contributed by atoms with van der Waals surface area (Å²) in [6.07, 6.45) is 3.08. The first-order chi connectivity index (χ1) is 18.0. The molecule has 5 aliphatic rings. The molecule has 0 aromatic rings. The zero-order valence-electron chi connectivity index (χ0n) is 24.4. The van der Waals surface area contributed by atoms with Crippen LogP contribution < -0.4 is 16.0 Å². The molecule has 0 aromatic carbocycles. The van der Waals surface area contributed by atoms with Crippen LogP contribution in [0.1, 0.15) is 60.3 Å². The molecule has 5 fully saturated rings. The van der Waals surface area contributed by atoms with Gasteiger partial charge >= 0.3 is 12.2 Å². The quantitative estimate of drug-likeness (QED) is 0.412. The summed E-state index contributed by atoms with van der Waals surface area (Å²) in [4.78, 5) is 32.6. The molecule has 2 amide bonds. The maximum absolute atomic E-state index is 12.7. The second-order valence-electron chi connectivity index (χ2n) is 13.5. The van der Waals surface area contributed by atoms with E-state index in [9.17, 15) is 9.59 Å². The summed E-state index contributed by atoms with van der Waals surface area (Å²) >= 11 is 0. The molecule has 5 unspecified atom stereocenters. The molecule has 218 valence electrons. The van der Waals surface area contributed by atoms with Crippen molar-refractivity contribution >= 4 is 12.2 Å². The lowest BCUT2D eigenvalue weighted by Crippen LogP contribution is -2.62. The minimum Gasteiger partial charge on any atom is -0.448 e. The number of carbonyl (C=O) groups excluding carboxylic acids is 2. The van der Waals surface area contributed by atoms with E-state index in [0.29, 0.717) is 31.8 Å².